The van der Waals surface area contributed by atoms with Crippen LogP contribution in [-0.2, 0) is 0 Å². The van der Waals surface area contributed by atoms with Crippen molar-refractivity contribution in [1.82, 2.24) is 9.97 Å². The number of nitrogens with one attached hydrogen (secondary N) is 1. The van der Waals surface area contributed by atoms with Crippen molar-refractivity contribution in [3.8, 4) is 0 Å². The fourth-order valence-corrected chi connectivity index (χ4v) is 3.94. The molecular weight excluding hydrogens is 346 g/mol. The van der Waals surface area contributed by atoms with Gasteiger partial charge in [0.25, 0.3) is 0 Å². The van der Waals surface area contributed by atoms with Gasteiger partial charge in [-0.3, -0.25) is 4.98 Å². The first-order valence-corrected chi connectivity index (χ1v) is 9.46. The number of fused-ring (bicyclic) bond motifs is 2. The number of anilines is 2. The summed E-state index contributed by atoms with van der Waals surface area (Å²) in [6.45, 7) is 0. The molecule has 0 amide bonds. The molecule has 0 unspecified atom stereocenters. The lowest BCUT2D eigenvalue weighted by Gasteiger charge is -2.12. The van der Waals surface area contributed by atoms with Gasteiger partial charge in [0, 0.05) is 22.2 Å². The number of thioether (sulfide) groups is 1. The van der Waals surface area contributed by atoms with E-state index in [9.17, 15) is 0 Å². The number of rotatable bonds is 3. The second kappa shape index (κ2) is 6.00. The third kappa shape index (κ3) is 2.65. The summed E-state index contributed by atoms with van der Waals surface area (Å²) >= 11 is 9.81. The quantitative estimate of drug-likeness (QED) is 0.459. The van der Waals surface area contributed by atoms with E-state index in [1.807, 2.05) is 29.8 Å². The first-order valence-electron chi connectivity index (χ1n) is 6.98. The van der Waals surface area contributed by atoms with Gasteiger partial charge in [0.05, 0.1) is 26.4 Å². The summed E-state index contributed by atoms with van der Waals surface area (Å²) in [4.78, 5) is 9.97. The van der Waals surface area contributed by atoms with E-state index in [4.69, 9.17) is 11.6 Å². The van der Waals surface area contributed by atoms with Crippen LogP contribution < -0.4 is 5.32 Å². The minimum Gasteiger partial charge on any atom is -0.354 e. The van der Waals surface area contributed by atoms with Gasteiger partial charge >= 0.3 is 0 Å². The predicted molar refractivity (Wildman–Crippen MR) is 101 cm³/mol. The Morgan fingerprint density at radius 1 is 1.09 bits per heavy atom. The maximum atomic E-state index is 6.50. The lowest BCUT2D eigenvalue weighted by atomic mass is 10.2. The summed E-state index contributed by atoms with van der Waals surface area (Å²) in [5, 5.41) is 5.16. The third-order valence-corrected chi connectivity index (χ3v) is 5.56. The van der Waals surface area contributed by atoms with Crippen molar-refractivity contribution < 1.29 is 0 Å². The summed E-state index contributed by atoms with van der Waals surface area (Å²) in [5.74, 6) is 0. The van der Waals surface area contributed by atoms with Crippen molar-refractivity contribution in [2.75, 3.05) is 11.6 Å². The van der Waals surface area contributed by atoms with Crippen molar-refractivity contribution in [2.24, 2.45) is 0 Å². The molecule has 0 saturated heterocycles. The highest BCUT2D eigenvalue weighted by atomic mass is 35.5. The van der Waals surface area contributed by atoms with Crippen LogP contribution in [0.1, 0.15) is 0 Å². The van der Waals surface area contributed by atoms with Gasteiger partial charge in [-0.2, -0.15) is 0 Å². The lowest BCUT2D eigenvalue weighted by Crippen LogP contribution is -1.94. The minimum absolute atomic E-state index is 0.648. The molecule has 0 aliphatic carbocycles. The molecule has 4 rings (SSSR count). The van der Waals surface area contributed by atoms with Crippen LogP contribution >= 0.6 is 34.7 Å². The molecular formula is C17H12ClN3S2. The van der Waals surface area contributed by atoms with E-state index in [0.29, 0.717) is 5.02 Å². The van der Waals surface area contributed by atoms with Crippen LogP contribution in [0, 0.1) is 0 Å². The Morgan fingerprint density at radius 2 is 2.00 bits per heavy atom. The van der Waals surface area contributed by atoms with Crippen molar-refractivity contribution in [1.29, 1.82) is 0 Å². The Morgan fingerprint density at radius 3 is 2.87 bits per heavy atom. The number of benzene rings is 2. The van der Waals surface area contributed by atoms with Gasteiger partial charge in [0.1, 0.15) is 5.52 Å². The molecule has 2 aromatic carbocycles. The van der Waals surface area contributed by atoms with E-state index in [-0.39, 0.29) is 0 Å². The molecule has 23 heavy (non-hydrogen) atoms. The Bertz CT molecular complexity index is 1010. The Labute approximate surface area is 146 Å². The minimum atomic E-state index is 0.648. The fraction of sp³-hybridized carbons (Fsp3) is 0.0588. The molecule has 1 N–H and O–H groups in total. The van der Waals surface area contributed by atoms with E-state index in [0.717, 1.165) is 32.5 Å². The van der Waals surface area contributed by atoms with Gasteiger partial charge < -0.3 is 5.32 Å². The highest BCUT2D eigenvalue weighted by molar-refractivity contribution is 7.98. The highest BCUT2D eigenvalue weighted by Gasteiger charge is 2.10. The van der Waals surface area contributed by atoms with Crippen LogP contribution in [0.2, 0.25) is 5.02 Å². The van der Waals surface area contributed by atoms with Gasteiger partial charge in [0.2, 0.25) is 0 Å². The second-order valence-corrected chi connectivity index (χ2v) is 7.14. The third-order valence-electron chi connectivity index (χ3n) is 3.66. The molecule has 4 aromatic rings. The maximum absolute atomic E-state index is 6.50. The normalized spacial score (nSPS) is 11.2. The molecule has 0 bridgehead atoms. The summed E-state index contributed by atoms with van der Waals surface area (Å²) in [7, 11) is 0. The number of nitrogens with zero attached hydrogens (tertiary/aromatic N) is 2. The Hall–Kier alpha value is -1.82. The SMILES string of the molecule is CSc1ccc2nccc(Nc3ccc4scnc4c3Cl)c2c1. The Balaban J connectivity index is 1.83. The highest BCUT2D eigenvalue weighted by Crippen LogP contribution is 2.35. The molecule has 0 radical (unpaired) electrons. The maximum Gasteiger partial charge on any atom is 0.102 e. The molecule has 0 aliphatic rings. The fourth-order valence-electron chi connectivity index (χ4n) is 2.50. The van der Waals surface area contributed by atoms with E-state index in [2.05, 4.69) is 33.7 Å². The zero-order valence-electron chi connectivity index (χ0n) is 12.2. The van der Waals surface area contributed by atoms with Crippen LogP contribution in [0.15, 0.2) is 53.0 Å². The zero-order chi connectivity index (χ0) is 15.8. The van der Waals surface area contributed by atoms with E-state index < -0.39 is 0 Å². The van der Waals surface area contributed by atoms with E-state index in [1.165, 1.54) is 4.90 Å². The average molecular weight is 358 g/mol. The molecule has 0 aliphatic heterocycles. The topological polar surface area (TPSA) is 37.8 Å². The Kier molecular flexibility index (Phi) is 3.85. The van der Waals surface area contributed by atoms with Gasteiger partial charge in [0.15, 0.2) is 0 Å². The van der Waals surface area contributed by atoms with Gasteiger partial charge in [-0.15, -0.1) is 23.1 Å². The first-order chi connectivity index (χ1) is 11.3. The van der Waals surface area contributed by atoms with Crippen LogP contribution in [-0.4, -0.2) is 16.2 Å². The second-order valence-electron chi connectivity index (χ2n) is 4.99. The first kappa shape index (κ1) is 14.8. The largest absolute Gasteiger partial charge is 0.354 e. The van der Waals surface area contributed by atoms with Gasteiger partial charge in [-0.1, -0.05) is 11.6 Å². The summed E-state index contributed by atoms with van der Waals surface area (Å²) < 4.78 is 1.09. The average Bonchev–Trinajstić information content (AvgIpc) is 3.07. The molecule has 2 heterocycles. The molecule has 0 saturated carbocycles. The molecule has 6 heteroatoms. The summed E-state index contributed by atoms with van der Waals surface area (Å²) in [6.07, 6.45) is 3.87. The number of hydrogen-bond acceptors (Lipinski definition) is 5. The van der Waals surface area contributed by atoms with Crippen molar-refractivity contribution >= 4 is 67.2 Å². The number of aromatic nitrogens is 2. The van der Waals surface area contributed by atoms with E-state index >= 15 is 0 Å². The molecule has 114 valence electrons. The number of halogens is 1. The predicted octanol–water partition coefficient (Wildman–Crippen LogP) is 5.96. The molecule has 0 fully saturated rings. The molecule has 3 nitrogen and oxygen atoms in total. The number of pyridine rings is 1. The smallest absolute Gasteiger partial charge is 0.102 e. The molecule has 2 aromatic heterocycles. The van der Waals surface area contributed by atoms with Crippen LogP contribution in [0.3, 0.4) is 0 Å². The summed E-state index contributed by atoms with van der Waals surface area (Å²) in [5.41, 5.74) is 5.45. The monoisotopic (exact) mass is 357 g/mol. The number of thiazole rings is 1. The van der Waals surface area contributed by atoms with Gasteiger partial charge in [-0.05, 0) is 42.7 Å². The standard InChI is InChI=1S/C17H12ClN3S2/c1-22-10-2-3-12-11(8-10)13(6-7-19-12)21-14-4-5-15-17(16(14)18)20-9-23-15/h2-9H,1H3,(H,19,21). The lowest BCUT2D eigenvalue weighted by molar-refractivity contribution is 1.38. The van der Waals surface area contributed by atoms with Crippen LogP contribution in [0.25, 0.3) is 21.1 Å². The van der Waals surface area contributed by atoms with Gasteiger partial charge in [-0.25, -0.2) is 4.98 Å². The number of hydrogen-bond donors (Lipinski definition) is 1. The van der Waals surface area contributed by atoms with Crippen LogP contribution in [0.5, 0.6) is 0 Å². The van der Waals surface area contributed by atoms with Crippen LogP contribution in [0.4, 0.5) is 11.4 Å². The van der Waals surface area contributed by atoms with E-state index in [1.54, 1.807) is 29.3 Å². The van der Waals surface area contributed by atoms with Crippen molar-refractivity contribution in [2.45, 2.75) is 4.90 Å². The van der Waals surface area contributed by atoms with Crippen molar-refractivity contribution in [3.63, 3.8) is 0 Å². The molecule has 0 atom stereocenters. The molecule has 0 spiro atoms. The summed E-state index contributed by atoms with van der Waals surface area (Å²) in [6, 6.07) is 12.3. The van der Waals surface area contributed by atoms with Crippen molar-refractivity contribution in [3.05, 3.63) is 53.1 Å². The zero-order valence-corrected chi connectivity index (χ0v) is 14.6.